The third-order valence-corrected chi connectivity index (χ3v) is 1.85. The molecule has 0 aliphatic heterocycles. The van der Waals surface area contributed by atoms with Gasteiger partial charge in [0.15, 0.2) is 0 Å². The van der Waals surface area contributed by atoms with Gasteiger partial charge in [0.1, 0.15) is 5.75 Å². The number of hydrogen-bond donors (Lipinski definition) is 0. The molecule has 0 atom stereocenters. The van der Waals surface area contributed by atoms with E-state index in [-0.39, 0.29) is 6.67 Å². The lowest BCUT2D eigenvalue weighted by Gasteiger charge is -2.05. The molecule has 0 unspecified atom stereocenters. The minimum atomic E-state index is -0.312. The zero-order valence-corrected chi connectivity index (χ0v) is 7.92. The maximum absolute atomic E-state index is 11.8. The molecular weight excluding hydrogens is 167 g/mol. The fourth-order valence-corrected chi connectivity index (χ4v) is 1.10. The van der Waals surface area contributed by atoms with Gasteiger partial charge in [-0.25, -0.2) is 0 Å². The Bertz CT molecular complexity index is 248. The minimum absolute atomic E-state index is 0.312. The monoisotopic (exact) mass is 182 g/mol. The summed E-state index contributed by atoms with van der Waals surface area (Å²) in [5.74, 6) is 0.841. The Morgan fingerprint density at radius 2 is 2.23 bits per heavy atom. The summed E-state index contributed by atoms with van der Waals surface area (Å²) in [6.07, 6.45) is 1.47. The predicted molar refractivity (Wildman–Crippen MR) is 51.9 cm³/mol. The van der Waals surface area contributed by atoms with Crippen molar-refractivity contribution in [1.29, 1.82) is 0 Å². The second-order valence-corrected chi connectivity index (χ2v) is 2.89. The van der Waals surface area contributed by atoms with Crippen LogP contribution in [-0.4, -0.2) is 13.3 Å². The zero-order valence-electron chi connectivity index (χ0n) is 7.92. The second kappa shape index (κ2) is 5.57. The third-order valence-electron chi connectivity index (χ3n) is 1.85. The largest absolute Gasteiger partial charge is 0.493 e. The summed E-state index contributed by atoms with van der Waals surface area (Å²) in [4.78, 5) is 0. The average Bonchev–Trinajstić information content (AvgIpc) is 2.19. The highest BCUT2D eigenvalue weighted by Crippen LogP contribution is 2.13. The number of hydrogen-bond acceptors (Lipinski definition) is 1. The molecule has 1 aromatic carbocycles. The van der Waals surface area contributed by atoms with Crippen molar-refractivity contribution in [2.24, 2.45) is 0 Å². The van der Waals surface area contributed by atoms with Crippen LogP contribution < -0.4 is 4.74 Å². The minimum Gasteiger partial charge on any atom is -0.493 e. The lowest BCUT2D eigenvalue weighted by molar-refractivity contribution is 0.289. The molecule has 0 saturated carbocycles. The van der Waals surface area contributed by atoms with Crippen LogP contribution in [-0.2, 0) is 6.42 Å². The molecule has 1 aromatic rings. The van der Waals surface area contributed by atoms with Gasteiger partial charge in [0.05, 0.1) is 13.3 Å². The Kier molecular flexibility index (Phi) is 4.30. The van der Waals surface area contributed by atoms with Crippen LogP contribution in [0.5, 0.6) is 5.75 Å². The molecule has 0 aromatic heterocycles. The van der Waals surface area contributed by atoms with Crippen LogP contribution in [0.1, 0.15) is 18.9 Å². The Labute approximate surface area is 78.5 Å². The van der Waals surface area contributed by atoms with E-state index in [0.29, 0.717) is 13.0 Å². The van der Waals surface area contributed by atoms with Gasteiger partial charge in [-0.05, 0) is 24.1 Å². The highest BCUT2D eigenvalue weighted by Gasteiger charge is 1.94. The van der Waals surface area contributed by atoms with Crippen molar-refractivity contribution in [2.45, 2.75) is 19.8 Å². The van der Waals surface area contributed by atoms with Gasteiger partial charge >= 0.3 is 0 Å². The highest BCUT2D eigenvalue weighted by molar-refractivity contribution is 5.28. The van der Waals surface area contributed by atoms with Gasteiger partial charge < -0.3 is 4.74 Å². The van der Waals surface area contributed by atoms with Crippen LogP contribution in [0, 0.1) is 0 Å². The van der Waals surface area contributed by atoms with E-state index in [1.54, 1.807) is 0 Å². The normalized spacial score (nSPS) is 10.0. The SMILES string of the molecule is CCc1cccc(OCCCF)c1. The first-order valence-corrected chi connectivity index (χ1v) is 4.64. The lowest BCUT2D eigenvalue weighted by atomic mass is 10.2. The topological polar surface area (TPSA) is 9.23 Å². The van der Waals surface area contributed by atoms with Gasteiger partial charge in [0.25, 0.3) is 0 Å². The van der Waals surface area contributed by atoms with Crippen molar-refractivity contribution in [1.82, 2.24) is 0 Å². The van der Waals surface area contributed by atoms with Crippen molar-refractivity contribution in [2.75, 3.05) is 13.3 Å². The van der Waals surface area contributed by atoms with Crippen LogP contribution in [0.3, 0.4) is 0 Å². The van der Waals surface area contributed by atoms with Gasteiger partial charge in [0.2, 0.25) is 0 Å². The highest BCUT2D eigenvalue weighted by atomic mass is 19.1. The smallest absolute Gasteiger partial charge is 0.119 e. The molecule has 72 valence electrons. The number of ether oxygens (including phenoxy) is 1. The standard InChI is InChI=1S/C11H15FO/c1-2-10-5-3-6-11(9-10)13-8-4-7-12/h3,5-6,9H,2,4,7-8H2,1H3. The molecule has 2 heteroatoms. The Balaban J connectivity index is 2.46. The van der Waals surface area contributed by atoms with Gasteiger partial charge in [-0.2, -0.15) is 0 Å². The molecule has 0 saturated heterocycles. The summed E-state index contributed by atoms with van der Waals surface area (Å²) in [6.45, 7) is 2.25. The van der Waals surface area contributed by atoms with Crippen molar-refractivity contribution in [3.8, 4) is 5.75 Å². The average molecular weight is 182 g/mol. The molecule has 0 N–H and O–H groups in total. The maximum Gasteiger partial charge on any atom is 0.119 e. The molecule has 0 amide bonds. The molecule has 0 fully saturated rings. The van der Waals surface area contributed by atoms with E-state index in [2.05, 4.69) is 13.0 Å². The molecule has 0 aliphatic rings. The van der Waals surface area contributed by atoms with E-state index in [9.17, 15) is 4.39 Å². The number of rotatable bonds is 5. The quantitative estimate of drug-likeness (QED) is 0.636. The number of halogens is 1. The molecule has 1 rings (SSSR count). The van der Waals surface area contributed by atoms with Crippen LogP contribution in [0.4, 0.5) is 4.39 Å². The summed E-state index contributed by atoms with van der Waals surface area (Å²) >= 11 is 0. The number of aryl methyl sites for hydroxylation is 1. The van der Waals surface area contributed by atoms with Crippen LogP contribution in [0.15, 0.2) is 24.3 Å². The van der Waals surface area contributed by atoms with Crippen LogP contribution >= 0.6 is 0 Å². The van der Waals surface area contributed by atoms with Gasteiger partial charge in [-0.15, -0.1) is 0 Å². The summed E-state index contributed by atoms with van der Waals surface area (Å²) in [5.41, 5.74) is 1.25. The molecule has 0 heterocycles. The lowest BCUT2D eigenvalue weighted by Crippen LogP contribution is -1.98. The number of benzene rings is 1. The van der Waals surface area contributed by atoms with Gasteiger partial charge in [0, 0.05) is 6.42 Å². The summed E-state index contributed by atoms with van der Waals surface area (Å²) in [7, 11) is 0. The van der Waals surface area contributed by atoms with E-state index in [1.165, 1.54) is 5.56 Å². The zero-order chi connectivity index (χ0) is 9.52. The van der Waals surface area contributed by atoms with Crippen molar-refractivity contribution >= 4 is 0 Å². The molecule has 0 bridgehead atoms. The fourth-order valence-electron chi connectivity index (χ4n) is 1.10. The molecular formula is C11H15FO. The molecule has 13 heavy (non-hydrogen) atoms. The molecule has 0 spiro atoms. The second-order valence-electron chi connectivity index (χ2n) is 2.89. The summed E-state index contributed by atoms with van der Waals surface area (Å²) in [5, 5.41) is 0. The van der Waals surface area contributed by atoms with E-state index < -0.39 is 0 Å². The summed E-state index contributed by atoms with van der Waals surface area (Å²) < 4.78 is 17.1. The van der Waals surface area contributed by atoms with Gasteiger partial charge in [-0.3, -0.25) is 4.39 Å². The first kappa shape index (κ1) is 10.0. The van der Waals surface area contributed by atoms with Crippen LogP contribution in [0.25, 0.3) is 0 Å². The maximum atomic E-state index is 11.8. The number of alkyl halides is 1. The molecule has 0 radical (unpaired) electrons. The van der Waals surface area contributed by atoms with Gasteiger partial charge in [-0.1, -0.05) is 19.1 Å². The van der Waals surface area contributed by atoms with E-state index >= 15 is 0 Å². The van der Waals surface area contributed by atoms with Crippen molar-refractivity contribution in [3.05, 3.63) is 29.8 Å². The summed E-state index contributed by atoms with van der Waals surface area (Å²) in [6, 6.07) is 7.92. The van der Waals surface area contributed by atoms with E-state index in [1.807, 2.05) is 18.2 Å². The Hall–Kier alpha value is -1.05. The Morgan fingerprint density at radius 1 is 1.38 bits per heavy atom. The van der Waals surface area contributed by atoms with E-state index in [4.69, 9.17) is 4.74 Å². The van der Waals surface area contributed by atoms with Crippen LogP contribution in [0.2, 0.25) is 0 Å². The first-order valence-electron chi connectivity index (χ1n) is 4.64. The van der Waals surface area contributed by atoms with Crippen molar-refractivity contribution < 1.29 is 9.13 Å². The fraction of sp³-hybridized carbons (Fsp3) is 0.455. The third kappa shape index (κ3) is 3.45. The predicted octanol–water partition coefficient (Wildman–Crippen LogP) is 2.99. The molecule has 0 aliphatic carbocycles. The first-order chi connectivity index (χ1) is 6.36. The Morgan fingerprint density at radius 3 is 2.92 bits per heavy atom. The van der Waals surface area contributed by atoms with E-state index in [0.717, 1.165) is 12.2 Å². The molecule has 1 nitrogen and oxygen atoms in total. The van der Waals surface area contributed by atoms with Crippen molar-refractivity contribution in [3.63, 3.8) is 0 Å².